The Balaban J connectivity index is 7.16. The van der Waals surface area contributed by atoms with E-state index in [-0.39, 0.29) is 0 Å². The van der Waals surface area contributed by atoms with E-state index < -0.39 is 88.7 Å². The van der Waals surface area contributed by atoms with Crippen molar-refractivity contribution in [3.8, 4) is 0 Å². The Morgan fingerprint density at radius 1 is 0.349 bits per heavy atom. The summed E-state index contributed by atoms with van der Waals surface area (Å²) in [5.41, 5.74) is 0. The summed E-state index contributed by atoms with van der Waals surface area (Å²) in [5.74, 6) is 0. The second kappa shape index (κ2) is 15.6. The van der Waals surface area contributed by atoms with Crippen LogP contribution in [0.3, 0.4) is 0 Å². The third kappa shape index (κ3) is 22.1. The van der Waals surface area contributed by atoms with Crippen molar-refractivity contribution in [1.29, 1.82) is 0 Å². The van der Waals surface area contributed by atoms with Gasteiger partial charge in [-0.1, -0.05) is 0 Å². The molecule has 19 heteroatoms. The van der Waals surface area contributed by atoms with Gasteiger partial charge in [0.1, 0.15) is 0 Å². The highest BCUT2D eigenvalue weighted by Gasteiger charge is 2.53. The van der Waals surface area contributed by atoms with Crippen molar-refractivity contribution < 1.29 is 38.0 Å². The molecule has 0 bridgehead atoms. The predicted octanol–water partition coefficient (Wildman–Crippen LogP) is 7.33. The Morgan fingerprint density at radius 3 is 0.698 bits per heavy atom. The Kier molecular flexibility index (Phi) is 16.2. The van der Waals surface area contributed by atoms with Crippen LogP contribution in [0, 0.1) is 0 Å². The molecule has 43 heavy (non-hydrogen) atoms. The maximum atomic E-state index is 7.05. The van der Waals surface area contributed by atoms with Gasteiger partial charge >= 0.3 is 26.4 Å². The first-order chi connectivity index (χ1) is 18.5. The van der Waals surface area contributed by atoms with Crippen molar-refractivity contribution in [2.75, 3.05) is 0 Å². The summed E-state index contributed by atoms with van der Waals surface area (Å²) in [7, 11) is -21.1. The largest absolute Gasteiger partial charge is 0.478 e. The monoisotopic (exact) mass is 782 g/mol. The smallest absolute Gasteiger partial charge is 0.417 e. The molecular formula is C24H70O9Si10. The maximum absolute atomic E-state index is 7.05. The Bertz CT molecular complexity index is 765. The van der Waals surface area contributed by atoms with Gasteiger partial charge in [0.25, 0.3) is 0 Å². The van der Waals surface area contributed by atoms with E-state index >= 15 is 0 Å². The molecule has 0 saturated heterocycles. The molecule has 0 aliphatic heterocycles. The van der Waals surface area contributed by atoms with Crippen LogP contribution in [0.15, 0.2) is 0 Å². The zero-order valence-electron chi connectivity index (χ0n) is 32.0. The van der Waals surface area contributed by atoms with Gasteiger partial charge in [0.15, 0.2) is 56.2 Å². The van der Waals surface area contributed by atoms with E-state index in [2.05, 4.69) is 118 Å². The van der Waals surface area contributed by atoms with E-state index in [1.807, 2.05) is 19.6 Å². The van der Waals surface area contributed by atoms with Gasteiger partial charge in [0, 0.05) is 29.9 Å². The van der Waals surface area contributed by atoms with Crippen LogP contribution >= 0.6 is 0 Å². The van der Waals surface area contributed by atoms with E-state index in [1.54, 1.807) is 0 Å². The van der Waals surface area contributed by atoms with Crippen LogP contribution in [0.2, 0.25) is 144 Å². The van der Waals surface area contributed by atoms with Gasteiger partial charge in [-0.2, -0.15) is 0 Å². The highest BCUT2D eigenvalue weighted by atomic mass is 28.5. The SMILES string of the molecule is C[Si](C)(C)O[Si](C)(OC(C[SiH3])C(O[Si](C)(O[Si](C)(C)C)O[Si](C)(C)C)O[Si](C)(O[Si](C)(C)C)O[Si](C)(C)C)O[Si](C)(C)C. The molecule has 0 N–H and O–H groups in total. The topological polar surface area (TPSA) is 83.1 Å². The van der Waals surface area contributed by atoms with Crippen LogP contribution in [0.25, 0.3) is 0 Å². The molecule has 0 aromatic carbocycles. The maximum Gasteiger partial charge on any atom is 0.478 e. The molecule has 0 radical (unpaired) electrons. The summed E-state index contributed by atoms with van der Waals surface area (Å²) in [6.07, 6.45) is -1.28. The summed E-state index contributed by atoms with van der Waals surface area (Å²) in [4.78, 5) is 0. The van der Waals surface area contributed by atoms with E-state index in [9.17, 15) is 0 Å². The second-order valence-corrected chi connectivity index (χ2v) is 54.5. The minimum atomic E-state index is -3.23. The summed E-state index contributed by atoms with van der Waals surface area (Å²) >= 11 is 0. The van der Waals surface area contributed by atoms with Crippen LogP contribution in [0.4, 0.5) is 0 Å². The fraction of sp³-hybridized carbons (Fsp3) is 1.00. The minimum Gasteiger partial charge on any atom is -0.417 e. The molecule has 0 rings (SSSR count). The lowest BCUT2D eigenvalue weighted by atomic mass is 10.4. The van der Waals surface area contributed by atoms with Gasteiger partial charge in [0.05, 0.1) is 6.10 Å². The number of hydrogen-bond donors (Lipinski definition) is 0. The van der Waals surface area contributed by atoms with Crippen molar-refractivity contribution >= 4 is 86.6 Å². The highest BCUT2D eigenvalue weighted by Crippen LogP contribution is 2.32. The summed E-state index contributed by atoms with van der Waals surface area (Å²) < 4.78 is 61.8. The van der Waals surface area contributed by atoms with Crippen molar-refractivity contribution in [3.63, 3.8) is 0 Å². The lowest BCUT2D eigenvalue weighted by Gasteiger charge is -2.46. The van der Waals surface area contributed by atoms with E-state index in [0.717, 1.165) is 16.3 Å². The molecule has 0 heterocycles. The first kappa shape index (κ1) is 44.8. The number of rotatable bonds is 20. The van der Waals surface area contributed by atoms with Crippen molar-refractivity contribution in [2.45, 2.75) is 156 Å². The average Bonchev–Trinajstić information content (AvgIpc) is 2.54. The molecule has 1 atom stereocenters. The van der Waals surface area contributed by atoms with Gasteiger partial charge in [-0.15, -0.1) is 0 Å². The molecule has 0 spiro atoms. The highest BCUT2D eigenvalue weighted by molar-refractivity contribution is 6.87. The normalized spacial score (nSPS) is 16.3. The number of hydrogen-bond acceptors (Lipinski definition) is 9. The molecule has 0 aliphatic carbocycles. The van der Waals surface area contributed by atoms with Gasteiger partial charge < -0.3 is 38.0 Å². The summed E-state index contributed by atoms with van der Waals surface area (Å²) in [6, 6.07) is 0.742. The predicted molar refractivity (Wildman–Crippen MR) is 207 cm³/mol. The summed E-state index contributed by atoms with van der Waals surface area (Å²) in [5, 5.41) is 0. The van der Waals surface area contributed by atoms with Crippen LogP contribution < -0.4 is 0 Å². The Hall–Kier alpha value is 1.81. The van der Waals surface area contributed by atoms with E-state index in [4.69, 9.17) is 38.0 Å². The first-order valence-electron chi connectivity index (χ1n) is 15.7. The Morgan fingerprint density at radius 2 is 0.535 bits per heavy atom. The molecule has 0 amide bonds. The standard InChI is InChI=1S/C24H70O9Si10/c1-35(2,3)28-41(19,29-36(4,5)6)25-23(22-34)24(26-42(20,30-37(7,8)9)31-38(10,11)12)27-43(21,32-39(13,14)15)33-40(16,17)18/h23-24H,22H2,1-21,34H3. The lowest BCUT2D eigenvalue weighted by molar-refractivity contribution is -0.127. The molecule has 9 nitrogen and oxygen atoms in total. The van der Waals surface area contributed by atoms with Gasteiger partial charge in [0.2, 0.25) is 0 Å². The van der Waals surface area contributed by atoms with Crippen LogP contribution in [0.1, 0.15) is 0 Å². The zero-order chi connectivity index (χ0) is 34.7. The van der Waals surface area contributed by atoms with Crippen molar-refractivity contribution in [3.05, 3.63) is 0 Å². The quantitative estimate of drug-likeness (QED) is 0.0932. The van der Waals surface area contributed by atoms with E-state index in [0.29, 0.717) is 0 Å². The molecule has 0 aromatic rings. The third-order valence-corrected chi connectivity index (χ3v) is 31.1. The molecule has 0 fully saturated rings. The van der Waals surface area contributed by atoms with Gasteiger partial charge in [-0.05, 0) is 124 Å². The molecule has 0 aliphatic rings. The molecule has 1 unspecified atom stereocenters. The molecule has 0 aromatic heterocycles. The molecule has 0 saturated carbocycles. The van der Waals surface area contributed by atoms with E-state index in [1.165, 1.54) is 0 Å². The summed E-state index contributed by atoms with van der Waals surface area (Å²) in [6.45, 7) is 45.1. The first-order valence-corrected chi connectivity index (χ1v) is 44.3. The molecule has 260 valence electrons. The molecular weight excluding hydrogens is 713 g/mol. The second-order valence-electron chi connectivity index (χ2n) is 17.5. The van der Waals surface area contributed by atoms with Crippen molar-refractivity contribution in [2.24, 2.45) is 0 Å². The minimum absolute atomic E-state index is 0.458. The van der Waals surface area contributed by atoms with Gasteiger partial charge in [-0.3, -0.25) is 0 Å². The lowest BCUT2D eigenvalue weighted by Crippen LogP contribution is -2.64. The van der Waals surface area contributed by atoms with Crippen LogP contribution in [0.5, 0.6) is 0 Å². The fourth-order valence-corrected chi connectivity index (χ4v) is 37.3. The van der Waals surface area contributed by atoms with Crippen LogP contribution in [-0.4, -0.2) is 99.0 Å². The van der Waals surface area contributed by atoms with Crippen LogP contribution in [-0.2, 0) is 38.0 Å². The average molecular weight is 784 g/mol. The zero-order valence-corrected chi connectivity index (χ0v) is 43.0. The van der Waals surface area contributed by atoms with Gasteiger partial charge in [-0.25, -0.2) is 0 Å². The van der Waals surface area contributed by atoms with Crippen molar-refractivity contribution in [1.82, 2.24) is 0 Å². The Labute approximate surface area is 279 Å². The fourth-order valence-electron chi connectivity index (χ4n) is 4.75. The third-order valence-electron chi connectivity index (χ3n) is 4.68.